The van der Waals surface area contributed by atoms with Gasteiger partial charge in [0.25, 0.3) is 8.32 Å². The summed E-state index contributed by atoms with van der Waals surface area (Å²) in [4.78, 5) is 34.0. The van der Waals surface area contributed by atoms with E-state index in [9.17, 15) is 19.7 Å². The molecule has 9 rings (SSSR count). The Labute approximate surface area is 392 Å². The van der Waals surface area contributed by atoms with Gasteiger partial charge in [0.05, 0.1) is 24.5 Å². The molecule has 5 aromatic carbocycles. The molecule has 66 heavy (non-hydrogen) atoms. The summed E-state index contributed by atoms with van der Waals surface area (Å²) >= 11 is 0. The largest absolute Gasteiger partial charge is 0.507 e. The number of aromatic hydroxyl groups is 1. The second-order valence-corrected chi connectivity index (χ2v) is 24.4. The minimum absolute atomic E-state index is 0.0691. The van der Waals surface area contributed by atoms with Crippen molar-refractivity contribution in [3.8, 4) is 5.75 Å². The average Bonchev–Trinajstić information content (AvgIpc) is 3.58. The quantitative estimate of drug-likeness (QED) is 0.0651. The Morgan fingerprint density at radius 3 is 2.06 bits per heavy atom. The van der Waals surface area contributed by atoms with Gasteiger partial charge >= 0.3 is 7.12 Å². The Morgan fingerprint density at radius 1 is 0.803 bits per heavy atom. The van der Waals surface area contributed by atoms with E-state index in [0.717, 1.165) is 72.8 Å². The normalized spacial score (nSPS) is 22.3. The summed E-state index contributed by atoms with van der Waals surface area (Å²) < 4.78 is 14.3. The van der Waals surface area contributed by atoms with Crippen LogP contribution in [0.1, 0.15) is 83.8 Å². The number of hydrogen-bond donors (Lipinski definition) is 2. The van der Waals surface area contributed by atoms with Gasteiger partial charge in [-0.2, -0.15) is 0 Å². The van der Waals surface area contributed by atoms with Crippen molar-refractivity contribution in [3.63, 3.8) is 0 Å². The predicted octanol–water partition coefficient (Wildman–Crippen LogP) is 9.55. The number of carbonyl (C=O) groups is 2. The molecule has 3 aliphatic heterocycles. The fraction of sp³-hybridized carbons (Fsp3) is 0.393. The van der Waals surface area contributed by atoms with Gasteiger partial charge in [-0.1, -0.05) is 167 Å². The highest BCUT2D eigenvalue weighted by atomic mass is 28.4. The molecule has 3 fully saturated rings. The van der Waals surface area contributed by atoms with Crippen LogP contribution in [0.2, 0.25) is 11.4 Å². The molecule has 342 valence electrons. The van der Waals surface area contributed by atoms with E-state index in [1.807, 2.05) is 36.4 Å². The first-order valence-corrected chi connectivity index (χ1v) is 26.2. The number of likely N-dealkylation sites (tertiary alicyclic amines) is 2. The van der Waals surface area contributed by atoms with Crippen LogP contribution >= 0.6 is 0 Å². The Kier molecular flexibility index (Phi) is 13.7. The van der Waals surface area contributed by atoms with Crippen molar-refractivity contribution in [2.75, 3.05) is 19.7 Å². The molecule has 0 aromatic heterocycles. The van der Waals surface area contributed by atoms with Crippen molar-refractivity contribution < 1.29 is 28.8 Å². The van der Waals surface area contributed by atoms with Gasteiger partial charge < -0.3 is 19.2 Å². The van der Waals surface area contributed by atoms with E-state index < -0.39 is 33.4 Å². The van der Waals surface area contributed by atoms with Crippen LogP contribution in [-0.4, -0.2) is 79.0 Å². The topological polar surface area (TPSA) is 99.5 Å². The first-order chi connectivity index (χ1) is 32.0. The van der Waals surface area contributed by atoms with E-state index in [2.05, 4.69) is 124 Å². The monoisotopic (exact) mass is 900 g/mol. The second-order valence-electron chi connectivity index (χ2n) is 20.1. The lowest BCUT2D eigenvalue weighted by atomic mass is 9.58. The molecule has 3 heterocycles. The Bertz CT molecular complexity index is 2530. The van der Waals surface area contributed by atoms with E-state index in [-0.39, 0.29) is 40.9 Å². The van der Waals surface area contributed by atoms with Crippen molar-refractivity contribution in [1.29, 1.82) is 0 Å². The first-order valence-electron chi connectivity index (χ1n) is 24.3. The zero-order valence-corrected chi connectivity index (χ0v) is 40.1. The van der Waals surface area contributed by atoms with E-state index in [0.29, 0.717) is 25.9 Å². The zero-order chi connectivity index (χ0) is 46.0. The Morgan fingerprint density at radius 2 is 1.42 bits per heavy atom. The van der Waals surface area contributed by atoms with Crippen molar-refractivity contribution in [2.24, 2.45) is 17.8 Å². The number of benzene rings is 5. The molecule has 0 bridgehead atoms. The van der Waals surface area contributed by atoms with Crippen LogP contribution < -0.4 is 10.4 Å². The summed E-state index contributed by atoms with van der Waals surface area (Å²) in [5, 5.41) is 26.2. The highest BCUT2D eigenvalue weighted by molar-refractivity contribution is 6.99. The molecule has 0 radical (unpaired) electrons. The molecule has 0 spiro atoms. The lowest BCUT2D eigenvalue weighted by Gasteiger charge is -2.46. The van der Waals surface area contributed by atoms with Crippen LogP contribution in [0.15, 0.2) is 144 Å². The fourth-order valence-electron chi connectivity index (χ4n) is 12.0. The van der Waals surface area contributed by atoms with Crippen molar-refractivity contribution >= 4 is 54.5 Å². The maximum Gasteiger partial charge on any atom is 0.455 e. The molecular formula is C56H65BN2O6Si. The third-order valence-corrected chi connectivity index (χ3v) is 20.0. The summed E-state index contributed by atoms with van der Waals surface area (Å²) in [5.74, 6) is -1.32. The lowest BCUT2D eigenvalue weighted by molar-refractivity contribution is -0.144. The van der Waals surface area contributed by atoms with Crippen LogP contribution in [0.4, 0.5) is 0 Å². The highest BCUT2D eigenvalue weighted by Gasteiger charge is 2.59. The number of piperidine rings is 1. The zero-order valence-electron chi connectivity index (χ0n) is 39.1. The van der Waals surface area contributed by atoms with E-state index in [4.69, 9.17) is 9.08 Å². The molecule has 8 nitrogen and oxygen atoms in total. The van der Waals surface area contributed by atoms with Gasteiger partial charge in [-0.15, -0.1) is 0 Å². The third kappa shape index (κ3) is 9.03. The van der Waals surface area contributed by atoms with Crippen molar-refractivity contribution in [3.05, 3.63) is 155 Å². The molecule has 0 unspecified atom stereocenters. The van der Waals surface area contributed by atoms with E-state index >= 15 is 0 Å². The van der Waals surface area contributed by atoms with Gasteiger partial charge in [0.1, 0.15) is 5.75 Å². The molecule has 4 atom stereocenters. The minimum Gasteiger partial charge on any atom is -0.507 e. The molecular weight excluding hydrogens is 836 g/mol. The molecule has 3 saturated heterocycles. The predicted molar refractivity (Wildman–Crippen MR) is 268 cm³/mol. The van der Waals surface area contributed by atoms with Gasteiger partial charge in [0, 0.05) is 31.1 Å². The second kappa shape index (κ2) is 19.6. The number of rotatable bonds is 14. The highest BCUT2D eigenvalue weighted by Crippen LogP contribution is 2.52. The summed E-state index contributed by atoms with van der Waals surface area (Å²) in [6, 6.07) is 43.3. The Balaban J connectivity index is 1.07. The average molecular weight is 901 g/mol. The minimum atomic E-state index is -3.00. The summed E-state index contributed by atoms with van der Waals surface area (Å²) in [6.07, 6.45) is 7.13. The molecule has 2 amide bonds. The van der Waals surface area contributed by atoms with Gasteiger partial charge in [-0.3, -0.25) is 19.4 Å². The van der Waals surface area contributed by atoms with Gasteiger partial charge in [0.15, 0.2) is 0 Å². The van der Waals surface area contributed by atoms with Crippen LogP contribution in [0.3, 0.4) is 0 Å². The number of imide groups is 1. The smallest absolute Gasteiger partial charge is 0.455 e. The van der Waals surface area contributed by atoms with Crippen LogP contribution in [-0.2, 0) is 25.2 Å². The van der Waals surface area contributed by atoms with Gasteiger partial charge in [-0.05, 0) is 99.9 Å². The van der Waals surface area contributed by atoms with Crippen molar-refractivity contribution in [2.45, 2.75) is 103 Å². The number of phenolic OH excluding ortho intramolecular Hbond substituents is 1. The molecule has 1 aliphatic carbocycles. The standard InChI is InChI=1S/C56H65BN2O6Si/c1-5-17-39(34-41-27-28-50(60)47-25-16-15-24-46(41)47)26-29-51-52-42(38-64-66(56(2,3)4,44-20-11-7-12-21-44)45-22-13-8-14-23-45)35-48-53(49(52)36-57(63)65-51)55(62)59(54(48)61)43-30-32-58(33-31-43)37-40-18-9-6-10-19-40/h6-16,18-25,27-28,34,43,48-49,51,53,60,63H,5,17,26,29-33,35-38H2,1-4H3/b39-34+/t48-,49+,51-,53-/m1/s1. The van der Waals surface area contributed by atoms with Crippen LogP contribution in [0.5, 0.6) is 5.75 Å². The summed E-state index contributed by atoms with van der Waals surface area (Å²) in [7, 11) is -4.07. The molecule has 0 saturated carbocycles. The van der Waals surface area contributed by atoms with Gasteiger partial charge in [-0.25, -0.2) is 0 Å². The SMILES string of the molecule is CCC/C(=C\c1ccc(O)c2ccccc12)CC[C@H]1OB(O)C[C@H]2C1=C(CO[Si](c1ccccc1)(c1ccccc1)C(C)(C)C)C[C@H]1C(=O)N(C3CCN(Cc4ccccc4)CC3)C(=O)[C@H]12. The van der Waals surface area contributed by atoms with E-state index in [1.165, 1.54) is 21.5 Å². The number of nitrogens with zero attached hydrogens (tertiary/aromatic N) is 2. The molecule has 2 N–H and O–H groups in total. The number of fused-ring (bicyclic) bond motifs is 4. The van der Waals surface area contributed by atoms with Crippen molar-refractivity contribution in [1.82, 2.24) is 9.80 Å². The summed E-state index contributed by atoms with van der Waals surface area (Å²) in [6.45, 7) is 11.8. The molecule has 5 aromatic rings. The van der Waals surface area contributed by atoms with Crippen LogP contribution in [0, 0.1) is 17.8 Å². The fourth-order valence-corrected chi connectivity index (χ4v) is 16.5. The number of allylic oxidation sites excluding steroid dienone is 1. The Hall–Kier alpha value is -5.10. The lowest BCUT2D eigenvalue weighted by Crippen LogP contribution is -2.66. The molecule has 10 heteroatoms. The number of carbonyl (C=O) groups excluding carboxylic acids is 2. The van der Waals surface area contributed by atoms with Crippen LogP contribution in [0.25, 0.3) is 16.8 Å². The number of hydrogen-bond acceptors (Lipinski definition) is 7. The number of amides is 2. The summed E-state index contributed by atoms with van der Waals surface area (Å²) in [5.41, 5.74) is 5.66. The molecule has 4 aliphatic rings. The maximum atomic E-state index is 15.0. The van der Waals surface area contributed by atoms with Gasteiger partial charge in [0.2, 0.25) is 11.8 Å². The third-order valence-electron chi connectivity index (χ3n) is 15.0. The maximum absolute atomic E-state index is 15.0. The van der Waals surface area contributed by atoms with E-state index in [1.54, 1.807) is 11.0 Å². The number of phenols is 1. The first kappa shape index (κ1) is 46.0.